The van der Waals surface area contributed by atoms with Gasteiger partial charge in [-0.25, -0.2) is 13.1 Å². The molecule has 0 aromatic heterocycles. The second kappa shape index (κ2) is 7.41. The van der Waals surface area contributed by atoms with Gasteiger partial charge in [-0.15, -0.1) is 0 Å². The number of fused-ring (bicyclic) bond motifs is 1. The molecule has 1 aromatic rings. The van der Waals surface area contributed by atoms with E-state index in [9.17, 15) is 13.2 Å². The molecule has 1 saturated heterocycles. The number of ether oxygens (including phenoxy) is 2. The van der Waals surface area contributed by atoms with Gasteiger partial charge < -0.3 is 14.4 Å². The van der Waals surface area contributed by atoms with Gasteiger partial charge >= 0.3 is 0 Å². The minimum atomic E-state index is -3.69. The van der Waals surface area contributed by atoms with Crippen LogP contribution in [0.15, 0.2) is 23.1 Å². The van der Waals surface area contributed by atoms with E-state index in [0.717, 1.165) is 24.1 Å². The summed E-state index contributed by atoms with van der Waals surface area (Å²) in [6.45, 7) is 3.05. The van der Waals surface area contributed by atoms with Gasteiger partial charge in [-0.05, 0) is 43.0 Å². The molecule has 2 aliphatic heterocycles. The van der Waals surface area contributed by atoms with Crippen LogP contribution < -0.4 is 9.62 Å². The molecule has 0 radical (unpaired) electrons. The fourth-order valence-corrected chi connectivity index (χ4v) is 4.74. The summed E-state index contributed by atoms with van der Waals surface area (Å²) in [6.07, 6.45) is 2.04. The van der Waals surface area contributed by atoms with Gasteiger partial charge in [-0.2, -0.15) is 0 Å². The minimum absolute atomic E-state index is 0.0306. The summed E-state index contributed by atoms with van der Waals surface area (Å²) in [5, 5.41) is 0. The van der Waals surface area contributed by atoms with E-state index in [1.54, 1.807) is 30.2 Å². The van der Waals surface area contributed by atoms with Crippen LogP contribution in [0.3, 0.4) is 0 Å². The molecule has 1 aromatic carbocycles. The maximum atomic E-state index is 12.8. The lowest BCUT2D eigenvalue weighted by Gasteiger charge is -2.31. The van der Waals surface area contributed by atoms with Crippen molar-refractivity contribution in [3.05, 3.63) is 23.8 Å². The number of benzene rings is 1. The van der Waals surface area contributed by atoms with E-state index in [1.165, 1.54) is 6.92 Å². The standard InChI is InChI=1S/C17H24N2O5S/c1-12(20)19-8-3-4-13-10-14(5-6-16(13)19)25(21,22)18-15-11-24-9-7-17(15)23-2/h5-6,10,15,17-18H,3-4,7-9,11H2,1-2H3/t15-,17-/m1/s1. The largest absolute Gasteiger partial charge is 0.380 e. The summed E-state index contributed by atoms with van der Waals surface area (Å²) >= 11 is 0. The SMILES string of the molecule is CO[C@@H]1CCOC[C@H]1NS(=O)(=O)c1ccc2c(c1)CCCN2C(C)=O. The molecule has 2 aliphatic rings. The van der Waals surface area contributed by atoms with Crippen molar-refractivity contribution in [2.75, 3.05) is 31.8 Å². The van der Waals surface area contributed by atoms with Crippen LogP contribution in [0, 0.1) is 0 Å². The van der Waals surface area contributed by atoms with E-state index in [-0.39, 0.29) is 16.9 Å². The number of hydrogen-bond acceptors (Lipinski definition) is 5. The van der Waals surface area contributed by atoms with Crippen molar-refractivity contribution in [2.45, 2.75) is 43.2 Å². The van der Waals surface area contributed by atoms with Crippen LogP contribution in [0.5, 0.6) is 0 Å². The van der Waals surface area contributed by atoms with Crippen LogP contribution in [0.2, 0.25) is 0 Å². The van der Waals surface area contributed by atoms with Gasteiger partial charge in [0.25, 0.3) is 0 Å². The predicted molar refractivity (Wildman–Crippen MR) is 93.1 cm³/mol. The maximum absolute atomic E-state index is 12.8. The van der Waals surface area contributed by atoms with Gasteiger partial charge in [0.1, 0.15) is 0 Å². The molecule has 0 unspecified atom stereocenters. The summed E-state index contributed by atoms with van der Waals surface area (Å²) in [7, 11) is -2.11. The monoisotopic (exact) mass is 368 g/mol. The number of nitrogens with one attached hydrogen (secondary N) is 1. The third kappa shape index (κ3) is 3.87. The van der Waals surface area contributed by atoms with Gasteiger partial charge in [0.2, 0.25) is 15.9 Å². The second-order valence-electron chi connectivity index (χ2n) is 6.43. The minimum Gasteiger partial charge on any atom is -0.380 e. The van der Waals surface area contributed by atoms with Crippen LogP contribution in [0.4, 0.5) is 5.69 Å². The molecule has 0 aliphatic carbocycles. The first kappa shape index (κ1) is 18.3. The molecule has 2 atom stereocenters. The Morgan fingerprint density at radius 3 is 2.92 bits per heavy atom. The molecule has 0 spiro atoms. The van der Waals surface area contributed by atoms with E-state index >= 15 is 0 Å². The molecular weight excluding hydrogens is 344 g/mol. The summed E-state index contributed by atoms with van der Waals surface area (Å²) in [6, 6.07) is 4.52. The van der Waals surface area contributed by atoms with E-state index < -0.39 is 16.1 Å². The summed E-state index contributed by atoms with van der Waals surface area (Å²) < 4.78 is 39.0. The summed E-state index contributed by atoms with van der Waals surface area (Å²) in [4.78, 5) is 13.6. The Morgan fingerprint density at radius 1 is 1.40 bits per heavy atom. The molecule has 7 nitrogen and oxygen atoms in total. The van der Waals surface area contributed by atoms with Crippen LogP contribution in [-0.4, -0.2) is 53.3 Å². The topological polar surface area (TPSA) is 84.9 Å². The van der Waals surface area contributed by atoms with Crippen molar-refractivity contribution in [1.29, 1.82) is 0 Å². The number of rotatable bonds is 4. The second-order valence-corrected chi connectivity index (χ2v) is 8.14. The molecule has 1 amide bonds. The van der Waals surface area contributed by atoms with Crippen molar-refractivity contribution in [3.63, 3.8) is 0 Å². The smallest absolute Gasteiger partial charge is 0.240 e. The highest BCUT2D eigenvalue weighted by atomic mass is 32.2. The zero-order valence-electron chi connectivity index (χ0n) is 14.5. The van der Waals surface area contributed by atoms with E-state index in [4.69, 9.17) is 9.47 Å². The highest BCUT2D eigenvalue weighted by Crippen LogP contribution is 2.29. The van der Waals surface area contributed by atoms with E-state index in [1.807, 2.05) is 0 Å². The van der Waals surface area contributed by atoms with Crippen molar-refractivity contribution in [3.8, 4) is 0 Å². The number of nitrogens with zero attached hydrogens (tertiary/aromatic N) is 1. The predicted octanol–water partition coefficient (Wildman–Crippen LogP) is 1.07. The van der Waals surface area contributed by atoms with Crippen LogP contribution in [0.25, 0.3) is 0 Å². The fourth-order valence-electron chi connectivity index (χ4n) is 3.45. The Balaban J connectivity index is 1.84. The Morgan fingerprint density at radius 2 is 2.20 bits per heavy atom. The highest BCUT2D eigenvalue weighted by Gasteiger charge is 2.31. The van der Waals surface area contributed by atoms with Gasteiger partial charge in [-0.3, -0.25) is 4.79 Å². The molecular formula is C17H24N2O5S. The van der Waals surface area contributed by atoms with Crippen molar-refractivity contribution >= 4 is 21.6 Å². The number of sulfonamides is 1. The average Bonchev–Trinajstić information content (AvgIpc) is 2.60. The Bertz CT molecular complexity index is 749. The fraction of sp³-hybridized carbons (Fsp3) is 0.588. The van der Waals surface area contributed by atoms with Gasteiger partial charge in [0.05, 0.1) is 23.6 Å². The van der Waals surface area contributed by atoms with Gasteiger partial charge in [-0.1, -0.05) is 0 Å². The summed E-state index contributed by atoms with van der Waals surface area (Å²) in [5.41, 5.74) is 1.68. The van der Waals surface area contributed by atoms with Crippen LogP contribution >= 0.6 is 0 Å². The zero-order chi connectivity index (χ0) is 18.0. The molecule has 8 heteroatoms. The van der Waals surface area contributed by atoms with Crippen molar-refractivity contribution in [2.24, 2.45) is 0 Å². The summed E-state index contributed by atoms with van der Waals surface area (Å²) in [5.74, 6) is -0.0306. The average molecular weight is 368 g/mol. The Hall–Kier alpha value is -1.48. The van der Waals surface area contributed by atoms with Crippen molar-refractivity contribution in [1.82, 2.24) is 4.72 Å². The molecule has 1 N–H and O–H groups in total. The lowest BCUT2D eigenvalue weighted by molar-refractivity contribution is -0.116. The number of amides is 1. The van der Waals surface area contributed by atoms with Crippen LogP contribution in [0.1, 0.15) is 25.3 Å². The van der Waals surface area contributed by atoms with Gasteiger partial charge in [0, 0.05) is 32.9 Å². The first-order valence-corrected chi connectivity index (χ1v) is 9.94. The van der Waals surface area contributed by atoms with Gasteiger partial charge in [0.15, 0.2) is 0 Å². The Labute approximate surface area is 148 Å². The lowest BCUT2D eigenvalue weighted by Crippen LogP contribution is -2.50. The van der Waals surface area contributed by atoms with E-state index in [0.29, 0.717) is 26.2 Å². The molecule has 25 heavy (non-hydrogen) atoms. The first-order chi connectivity index (χ1) is 11.9. The quantitative estimate of drug-likeness (QED) is 0.859. The molecule has 1 fully saturated rings. The number of carbonyl (C=O) groups excluding carboxylic acids is 1. The molecule has 0 saturated carbocycles. The lowest BCUT2D eigenvalue weighted by atomic mass is 10.0. The molecule has 0 bridgehead atoms. The Kier molecular flexibility index (Phi) is 5.43. The first-order valence-electron chi connectivity index (χ1n) is 8.46. The highest BCUT2D eigenvalue weighted by molar-refractivity contribution is 7.89. The third-order valence-corrected chi connectivity index (χ3v) is 6.25. The molecule has 138 valence electrons. The van der Waals surface area contributed by atoms with Crippen molar-refractivity contribution < 1.29 is 22.7 Å². The maximum Gasteiger partial charge on any atom is 0.240 e. The van der Waals surface area contributed by atoms with E-state index in [2.05, 4.69) is 4.72 Å². The number of hydrogen-bond donors (Lipinski definition) is 1. The van der Waals surface area contributed by atoms with Crippen LogP contribution in [-0.2, 0) is 30.7 Å². The zero-order valence-corrected chi connectivity index (χ0v) is 15.3. The normalized spacial score (nSPS) is 24.0. The molecule has 2 heterocycles. The number of carbonyl (C=O) groups is 1. The molecule has 3 rings (SSSR count). The third-order valence-electron chi connectivity index (χ3n) is 4.76. The number of aryl methyl sites for hydroxylation is 1. The number of methoxy groups -OCH3 is 1. The number of anilines is 1.